The van der Waals surface area contributed by atoms with Crippen LogP contribution in [0, 0.1) is 0 Å². The summed E-state index contributed by atoms with van der Waals surface area (Å²) in [7, 11) is -3.11. The summed E-state index contributed by atoms with van der Waals surface area (Å²) in [5, 5.41) is 0. The molecular formula is C11H22N2O3S. The fourth-order valence-electron chi connectivity index (χ4n) is 1.98. The normalized spacial score (nSPS) is 19.1. The molecule has 0 spiro atoms. The summed E-state index contributed by atoms with van der Waals surface area (Å²) in [4.78, 5) is 13.5. The largest absolute Gasteiger partial charge is 0.341 e. The van der Waals surface area contributed by atoms with Gasteiger partial charge in [0, 0.05) is 32.6 Å². The van der Waals surface area contributed by atoms with Gasteiger partial charge in [0.05, 0.1) is 5.75 Å². The molecule has 1 fully saturated rings. The van der Waals surface area contributed by atoms with Crippen molar-refractivity contribution in [1.82, 2.24) is 9.21 Å². The fourth-order valence-corrected chi connectivity index (χ4v) is 3.11. The number of carbonyl (C=O) groups excluding carboxylic acids is 1. The second-order valence-corrected chi connectivity index (χ2v) is 6.54. The molecule has 100 valence electrons. The third-order valence-electron chi connectivity index (χ3n) is 3.03. The molecule has 0 aliphatic carbocycles. The van der Waals surface area contributed by atoms with Crippen molar-refractivity contribution in [3.63, 3.8) is 0 Å². The van der Waals surface area contributed by atoms with Crippen LogP contribution in [0.3, 0.4) is 0 Å². The zero-order chi connectivity index (χ0) is 12.9. The maximum Gasteiger partial charge on any atom is 0.222 e. The first-order valence-corrected chi connectivity index (χ1v) is 7.87. The number of amides is 1. The molecule has 1 rings (SSSR count). The Morgan fingerprint density at radius 2 is 1.82 bits per heavy atom. The molecule has 1 heterocycles. The first-order chi connectivity index (χ1) is 8.01. The molecule has 5 nitrogen and oxygen atoms in total. The van der Waals surface area contributed by atoms with E-state index in [1.54, 1.807) is 11.8 Å². The lowest BCUT2D eigenvalue weighted by molar-refractivity contribution is -0.131. The quantitative estimate of drug-likeness (QED) is 0.748. The first-order valence-electron chi connectivity index (χ1n) is 6.26. The summed E-state index contributed by atoms with van der Waals surface area (Å²) in [5.41, 5.74) is 0. The van der Waals surface area contributed by atoms with Gasteiger partial charge in [0.15, 0.2) is 0 Å². The van der Waals surface area contributed by atoms with Gasteiger partial charge < -0.3 is 4.90 Å². The van der Waals surface area contributed by atoms with Crippen LogP contribution in [0.4, 0.5) is 0 Å². The van der Waals surface area contributed by atoms with Crippen LogP contribution in [0.25, 0.3) is 0 Å². The topological polar surface area (TPSA) is 57.7 Å². The fraction of sp³-hybridized carbons (Fsp3) is 0.909. The Hall–Kier alpha value is -0.620. The van der Waals surface area contributed by atoms with E-state index >= 15 is 0 Å². The molecule has 0 N–H and O–H groups in total. The van der Waals surface area contributed by atoms with Crippen LogP contribution < -0.4 is 0 Å². The van der Waals surface area contributed by atoms with Gasteiger partial charge in [0.2, 0.25) is 15.9 Å². The molecule has 0 unspecified atom stereocenters. The summed E-state index contributed by atoms with van der Waals surface area (Å²) in [5.74, 6) is 0.277. The summed E-state index contributed by atoms with van der Waals surface area (Å²) in [6, 6.07) is 0. The predicted molar refractivity (Wildman–Crippen MR) is 67.1 cm³/mol. The number of nitrogens with zero attached hydrogens (tertiary/aromatic N) is 2. The lowest BCUT2D eigenvalue weighted by atomic mass is 10.3. The van der Waals surface area contributed by atoms with E-state index in [2.05, 4.69) is 0 Å². The van der Waals surface area contributed by atoms with Crippen LogP contribution in [0.2, 0.25) is 0 Å². The zero-order valence-corrected chi connectivity index (χ0v) is 11.5. The molecule has 1 amide bonds. The van der Waals surface area contributed by atoms with E-state index in [9.17, 15) is 13.2 Å². The number of hydrogen-bond acceptors (Lipinski definition) is 3. The Labute approximate surface area is 104 Å². The molecule has 0 bridgehead atoms. The Balaban J connectivity index is 2.59. The maximum atomic E-state index is 11.7. The van der Waals surface area contributed by atoms with Crippen LogP contribution in [-0.4, -0.2) is 55.5 Å². The van der Waals surface area contributed by atoms with E-state index in [0.717, 1.165) is 12.8 Å². The van der Waals surface area contributed by atoms with E-state index in [1.807, 2.05) is 6.92 Å². The van der Waals surface area contributed by atoms with Crippen molar-refractivity contribution < 1.29 is 13.2 Å². The smallest absolute Gasteiger partial charge is 0.222 e. The van der Waals surface area contributed by atoms with Gasteiger partial charge in [0.1, 0.15) is 0 Å². The van der Waals surface area contributed by atoms with Gasteiger partial charge in [-0.05, 0) is 19.8 Å². The van der Waals surface area contributed by atoms with Crippen LogP contribution in [0.5, 0.6) is 0 Å². The Morgan fingerprint density at radius 1 is 1.12 bits per heavy atom. The van der Waals surface area contributed by atoms with Crippen LogP contribution in [0.1, 0.15) is 33.1 Å². The highest BCUT2D eigenvalue weighted by Gasteiger charge is 2.24. The van der Waals surface area contributed by atoms with Gasteiger partial charge in [-0.2, -0.15) is 0 Å². The predicted octanol–water partition coefficient (Wildman–Crippen LogP) is 0.671. The van der Waals surface area contributed by atoms with Crippen LogP contribution in [-0.2, 0) is 14.8 Å². The first kappa shape index (κ1) is 14.4. The van der Waals surface area contributed by atoms with E-state index < -0.39 is 10.0 Å². The maximum absolute atomic E-state index is 11.7. The minimum atomic E-state index is -3.11. The van der Waals surface area contributed by atoms with Crippen molar-refractivity contribution in [2.75, 3.05) is 31.9 Å². The number of hydrogen-bond donors (Lipinski definition) is 0. The molecule has 0 aromatic carbocycles. The highest BCUT2D eigenvalue weighted by Crippen LogP contribution is 2.10. The summed E-state index contributed by atoms with van der Waals surface area (Å²) < 4.78 is 25.0. The van der Waals surface area contributed by atoms with Gasteiger partial charge >= 0.3 is 0 Å². The van der Waals surface area contributed by atoms with Crippen molar-refractivity contribution in [3.8, 4) is 0 Å². The SMILES string of the molecule is CCCC(=O)N1CCCN(S(=O)(=O)CC)CC1. The second kappa shape index (κ2) is 6.35. The molecule has 6 heteroatoms. The average Bonchev–Trinajstić information content (AvgIpc) is 2.55. The van der Waals surface area contributed by atoms with Gasteiger partial charge in [-0.1, -0.05) is 6.92 Å². The molecule has 1 aliphatic rings. The number of rotatable bonds is 4. The van der Waals surface area contributed by atoms with Gasteiger partial charge in [-0.15, -0.1) is 0 Å². The number of carbonyl (C=O) groups is 1. The molecule has 1 aliphatic heterocycles. The Bertz CT molecular complexity index is 354. The summed E-state index contributed by atoms with van der Waals surface area (Å²) in [6.45, 7) is 5.80. The van der Waals surface area contributed by atoms with Crippen LogP contribution >= 0.6 is 0 Å². The lowest BCUT2D eigenvalue weighted by Gasteiger charge is -2.21. The van der Waals surface area contributed by atoms with Gasteiger partial charge in [-0.3, -0.25) is 4.79 Å². The van der Waals surface area contributed by atoms with Crippen molar-refractivity contribution in [2.45, 2.75) is 33.1 Å². The number of sulfonamides is 1. The van der Waals surface area contributed by atoms with Crippen molar-refractivity contribution in [3.05, 3.63) is 0 Å². The zero-order valence-electron chi connectivity index (χ0n) is 10.7. The highest BCUT2D eigenvalue weighted by atomic mass is 32.2. The molecule has 0 saturated carbocycles. The van der Waals surface area contributed by atoms with Crippen molar-refractivity contribution >= 4 is 15.9 Å². The standard InChI is InChI=1S/C11H22N2O3S/c1-3-6-11(14)12-7-5-8-13(10-9-12)17(15,16)4-2/h3-10H2,1-2H3. The molecule has 0 radical (unpaired) electrons. The summed E-state index contributed by atoms with van der Waals surface area (Å²) >= 11 is 0. The third-order valence-corrected chi connectivity index (χ3v) is 4.91. The Kier molecular flexibility index (Phi) is 5.39. The minimum absolute atomic E-state index is 0.135. The monoisotopic (exact) mass is 262 g/mol. The second-order valence-electron chi connectivity index (χ2n) is 4.28. The highest BCUT2D eigenvalue weighted by molar-refractivity contribution is 7.89. The average molecular weight is 262 g/mol. The van der Waals surface area contributed by atoms with Gasteiger partial charge in [-0.25, -0.2) is 12.7 Å². The van der Waals surface area contributed by atoms with E-state index in [0.29, 0.717) is 32.6 Å². The lowest BCUT2D eigenvalue weighted by Crippen LogP contribution is -2.37. The molecule has 0 aromatic rings. The van der Waals surface area contributed by atoms with Crippen LogP contribution in [0.15, 0.2) is 0 Å². The molecule has 1 saturated heterocycles. The molecular weight excluding hydrogens is 240 g/mol. The molecule has 0 atom stereocenters. The molecule has 0 aromatic heterocycles. The molecule has 17 heavy (non-hydrogen) atoms. The summed E-state index contributed by atoms with van der Waals surface area (Å²) in [6.07, 6.45) is 2.13. The van der Waals surface area contributed by atoms with E-state index in [-0.39, 0.29) is 11.7 Å². The van der Waals surface area contributed by atoms with E-state index in [1.165, 1.54) is 4.31 Å². The Morgan fingerprint density at radius 3 is 2.41 bits per heavy atom. The van der Waals surface area contributed by atoms with Crippen molar-refractivity contribution in [1.29, 1.82) is 0 Å². The van der Waals surface area contributed by atoms with Gasteiger partial charge in [0.25, 0.3) is 0 Å². The minimum Gasteiger partial charge on any atom is -0.341 e. The third kappa shape index (κ3) is 3.96. The van der Waals surface area contributed by atoms with Crippen molar-refractivity contribution in [2.24, 2.45) is 0 Å². The van der Waals surface area contributed by atoms with E-state index in [4.69, 9.17) is 0 Å².